The minimum atomic E-state index is -0.410. The van der Waals surface area contributed by atoms with Gasteiger partial charge in [0.25, 0.3) is 5.56 Å². The van der Waals surface area contributed by atoms with Crippen molar-refractivity contribution in [3.63, 3.8) is 0 Å². The van der Waals surface area contributed by atoms with Gasteiger partial charge in [0.05, 0.1) is 6.07 Å². The Morgan fingerprint density at radius 2 is 1.40 bits per heavy atom. The minimum absolute atomic E-state index is 0.223. The molecule has 0 atom stereocenters. The number of aromatic hydroxyl groups is 1. The molecule has 0 saturated carbocycles. The molecule has 0 unspecified atom stereocenters. The molecule has 2 aliphatic rings. The highest BCUT2D eigenvalue weighted by atomic mass is 16.3. The van der Waals surface area contributed by atoms with Crippen LogP contribution in [0.5, 0.6) is 5.88 Å². The zero-order valence-corrected chi connectivity index (χ0v) is 14.9. The molecule has 0 radical (unpaired) electrons. The Hall–Kier alpha value is -2.04. The predicted molar refractivity (Wildman–Crippen MR) is 99.0 cm³/mol. The van der Waals surface area contributed by atoms with Gasteiger partial charge in [0, 0.05) is 13.1 Å². The second-order valence-corrected chi connectivity index (χ2v) is 7.14. The molecule has 0 aromatic carbocycles. The molecule has 1 heterocycles. The lowest BCUT2D eigenvalue weighted by molar-refractivity contribution is 0.386. The molecule has 1 aromatic heterocycles. The summed E-state index contributed by atoms with van der Waals surface area (Å²) in [6.45, 7) is 0.825. The molecule has 0 saturated heterocycles. The third kappa shape index (κ3) is 4.53. The molecule has 0 spiro atoms. The van der Waals surface area contributed by atoms with Crippen molar-refractivity contribution < 1.29 is 5.11 Å². The molecule has 136 valence electrons. The van der Waals surface area contributed by atoms with Crippen LogP contribution in [-0.2, 0) is 13.1 Å². The van der Waals surface area contributed by atoms with Gasteiger partial charge in [0.2, 0.25) is 5.88 Å². The van der Waals surface area contributed by atoms with Gasteiger partial charge in [0.15, 0.2) is 0 Å². The second-order valence-electron chi connectivity index (χ2n) is 7.14. The number of nitrogens with zero attached hydrogens (tertiary/aromatic N) is 2. The van der Waals surface area contributed by atoms with Gasteiger partial charge in [-0.2, -0.15) is 0 Å². The van der Waals surface area contributed by atoms with Gasteiger partial charge in [0.1, 0.15) is 0 Å². The molecule has 0 aliphatic heterocycles. The molecule has 0 fully saturated rings. The van der Waals surface area contributed by atoms with Crippen LogP contribution in [0, 0.1) is 0 Å². The van der Waals surface area contributed by atoms with E-state index >= 15 is 0 Å². The third-order valence-corrected chi connectivity index (χ3v) is 5.34. The summed E-state index contributed by atoms with van der Waals surface area (Å²) in [4.78, 5) is 24.8. The smallest absolute Gasteiger partial charge is 0.333 e. The molecule has 1 N–H and O–H groups in total. The summed E-state index contributed by atoms with van der Waals surface area (Å²) in [7, 11) is 0. The molecule has 0 bridgehead atoms. The van der Waals surface area contributed by atoms with Gasteiger partial charge in [-0.05, 0) is 64.2 Å². The lowest BCUT2D eigenvalue weighted by atomic mass is 9.97. The fourth-order valence-corrected chi connectivity index (χ4v) is 3.79. The molecule has 1 aromatic rings. The van der Waals surface area contributed by atoms with Crippen LogP contribution in [-0.4, -0.2) is 14.2 Å². The van der Waals surface area contributed by atoms with Crippen LogP contribution in [0.2, 0.25) is 0 Å². The topological polar surface area (TPSA) is 64.2 Å². The van der Waals surface area contributed by atoms with E-state index in [0.717, 1.165) is 38.5 Å². The van der Waals surface area contributed by atoms with Crippen molar-refractivity contribution >= 4 is 0 Å². The highest BCUT2D eigenvalue weighted by Crippen LogP contribution is 2.21. The van der Waals surface area contributed by atoms with E-state index in [9.17, 15) is 14.7 Å². The van der Waals surface area contributed by atoms with E-state index in [1.165, 1.54) is 52.0 Å². The summed E-state index contributed by atoms with van der Waals surface area (Å²) >= 11 is 0. The van der Waals surface area contributed by atoms with E-state index in [0.29, 0.717) is 13.1 Å². The van der Waals surface area contributed by atoms with Crippen molar-refractivity contribution in [3.8, 4) is 5.88 Å². The van der Waals surface area contributed by atoms with Crippen LogP contribution in [0.25, 0.3) is 0 Å². The van der Waals surface area contributed by atoms with Gasteiger partial charge in [-0.3, -0.25) is 13.9 Å². The summed E-state index contributed by atoms with van der Waals surface area (Å²) < 4.78 is 2.61. The van der Waals surface area contributed by atoms with Gasteiger partial charge in [-0.1, -0.05) is 23.3 Å². The zero-order valence-electron chi connectivity index (χ0n) is 14.9. The first-order valence-corrected chi connectivity index (χ1v) is 9.54. The number of rotatable bonds is 6. The van der Waals surface area contributed by atoms with E-state index in [2.05, 4.69) is 12.2 Å². The minimum Gasteiger partial charge on any atom is -0.494 e. The van der Waals surface area contributed by atoms with Gasteiger partial charge < -0.3 is 5.11 Å². The first-order valence-electron chi connectivity index (χ1n) is 9.54. The Bertz CT molecular complexity index is 783. The van der Waals surface area contributed by atoms with Gasteiger partial charge in [-0.25, -0.2) is 4.79 Å². The molecule has 5 heteroatoms. The normalized spacial score (nSPS) is 17.9. The SMILES string of the molecule is O=c1cc(O)n(CCC2=CCCCC2)c(=O)n1CCC1=CCCCC1. The molecule has 5 nitrogen and oxygen atoms in total. The fraction of sp³-hybridized carbons (Fsp3) is 0.600. The Morgan fingerprint density at radius 3 is 1.92 bits per heavy atom. The van der Waals surface area contributed by atoms with Crippen molar-refractivity contribution in [1.29, 1.82) is 0 Å². The maximum absolute atomic E-state index is 12.7. The Labute approximate surface area is 148 Å². The molecule has 3 rings (SSSR count). The first kappa shape index (κ1) is 17.8. The van der Waals surface area contributed by atoms with E-state index < -0.39 is 11.2 Å². The summed E-state index contributed by atoms with van der Waals surface area (Å²) in [5, 5.41) is 10.1. The van der Waals surface area contributed by atoms with E-state index in [4.69, 9.17) is 0 Å². The first-order chi connectivity index (χ1) is 12.1. The van der Waals surface area contributed by atoms with E-state index in [-0.39, 0.29) is 5.88 Å². The standard InChI is InChI=1S/C20H28N2O3/c23-18-15-19(24)22(14-12-17-9-5-2-6-10-17)20(25)21(18)13-11-16-7-3-1-4-8-16/h7,9,15,23H,1-6,8,10-14H2. The fourth-order valence-electron chi connectivity index (χ4n) is 3.79. The Balaban J connectivity index is 1.74. The van der Waals surface area contributed by atoms with E-state index in [1.54, 1.807) is 0 Å². The lowest BCUT2D eigenvalue weighted by Gasteiger charge is -2.16. The number of hydrogen-bond acceptors (Lipinski definition) is 3. The van der Waals surface area contributed by atoms with Crippen molar-refractivity contribution in [2.45, 2.75) is 77.3 Å². The average Bonchev–Trinajstić information content (AvgIpc) is 2.63. The third-order valence-electron chi connectivity index (χ3n) is 5.34. The van der Waals surface area contributed by atoms with Crippen molar-refractivity contribution in [3.05, 3.63) is 50.2 Å². The number of allylic oxidation sites excluding steroid dienone is 4. The number of hydrogen-bond donors (Lipinski definition) is 1. The summed E-state index contributed by atoms with van der Waals surface area (Å²) in [5.74, 6) is -0.223. The summed E-state index contributed by atoms with van der Waals surface area (Å²) in [6.07, 6.45) is 15.2. The highest BCUT2D eigenvalue weighted by molar-refractivity contribution is 5.10. The predicted octanol–water partition coefficient (Wildman–Crippen LogP) is 3.50. The molecular weight excluding hydrogens is 316 g/mol. The lowest BCUT2D eigenvalue weighted by Crippen LogP contribution is -2.39. The number of aromatic nitrogens is 2. The van der Waals surface area contributed by atoms with Crippen LogP contribution in [0.4, 0.5) is 0 Å². The molecule has 2 aliphatic carbocycles. The molecule has 25 heavy (non-hydrogen) atoms. The largest absolute Gasteiger partial charge is 0.494 e. The van der Waals surface area contributed by atoms with Crippen molar-refractivity contribution in [2.24, 2.45) is 0 Å². The summed E-state index contributed by atoms with van der Waals surface area (Å²) in [5.41, 5.74) is 1.89. The van der Waals surface area contributed by atoms with Crippen LogP contribution < -0.4 is 11.2 Å². The van der Waals surface area contributed by atoms with Gasteiger partial charge in [-0.15, -0.1) is 0 Å². The maximum atomic E-state index is 12.7. The monoisotopic (exact) mass is 344 g/mol. The maximum Gasteiger partial charge on any atom is 0.333 e. The average molecular weight is 344 g/mol. The van der Waals surface area contributed by atoms with Crippen LogP contribution >= 0.6 is 0 Å². The molecular formula is C20H28N2O3. The van der Waals surface area contributed by atoms with Crippen LogP contribution in [0.3, 0.4) is 0 Å². The van der Waals surface area contributed by atoms with Gasteiger partial charge >= 0.3 is 5.69 Å². The van der Waals surface area contributed by atoms with Crippen LogP contribution in [0.15, 0.2) is 39.0 Å². The van der Waals surface area contributed by atoms with E-state index in [1.807, 2.05) is 0 Å². The van der Waals surface area contributed by atoms with Crippen LogP contribution in [0.1, 0.15) is 64.2 Å². The quantitative estimate of drug-likeness (QED) is 0.803. The van der Waals surface area contributed by atoms with Crippen molar-refractivity contribution in [2.75, 3.05) is 0 Å². The second kappa shape index (κ2) is 8.37. The summed E-state index contributed by atoms with van der Waals surface area (Å²) in [6, 6.07) is 1.17. The Morgan fingerprint density at radius 1 is 0.840 bits per heavy atom. The highest BCUT2D eigenvalue weighted by Gasteiger charge is 2.13. The zero-order chi connectivity index (χ0) is 17.6. The molecule has 0 amide bonds. The van der Waals surface area contributed by atoms with Crippen molar-refractivity contribution in [1.82, 2.24) is 9.13 Å². The Kier molecular flexibility index (Phi) is 5.95.